The predicted molar refractivity (Wildman–Crippen MR) is 81.0 cm³/mol. The Bertz CT molecular complexity index is 479. The molecule has 2 N–H and O–H groups in total. The van der Waals surface area contributed by atoms with Gasteiger partial charge in [-0.1, -0.05) is 42.0 Å². The maximum atomic E-state index is 12.2. The minimum Gasteiger partial charge on any atom is -0.393 e. The highest BCUT2D eigenvalue weighted by molar-refractivity contribution is 7.80. The topological polar surface area (TPSA) is 46.3 Å². The number of piperidine rings is 1. The summed E-state index contributed by atoms with van der Waals surface area (Å²) in [5.74, 6) is 0.505. The van der Waals surface area contributed by atoms with Crippen molar-refractivity contribution >= 4 is 23.1 Å². The van der Waals surface area contributed by atoms with Crippen molar-refractivity contribution in [2.24, 2.45) is 11.7 Å². The van der Waals surface area contributed by atoms with Crippen LogP contribution in [0.3, 0.4) is 0 Å². The van der Waals surface area contributed by atoms with Crippen molar-refractivity contribution in [1.82, 2.24) is 4.90 Å². The van der Waals surface area contributed by atoms with Gasteiger partial charge in [-0.05, 0) is 25.3 Å². The predicted octanol–water partition coefficient (Wildman–Crippen LogP) is 2.06. The fourth-order valence-electron chi connectivity index (χ4n) is 2.52. The molecule has 102 valence electrons. The van der Waals surface area contributed by atoms with E-state index in [-0.39, 0.29) is 5.91 Å². The molecule has 1 fully saturated rings. The zero-order valence-electron chi connectivity index (χ0n) is 11.3. The first-order chi connectivity index (χ1) is 9.06. The second-order valence-corrected chi connectivity index (χ2v) is 5.69. The Hall–Kier alpha value is -1.42. The Morgan fingerprint density at radius 1 is 1.42 bits per heavy atom. The molecule has 0 saturated carbocycles. The number of amides is 1. The van der Waals surface area contributed by atoms with Crippen LogP contribution in [0.25, 0.3) is 0 Å². The molecule has 1 aliphatic heterocycles. The molecule has 19 heavy (non-hydrogen) atoms. The van der Waals surface area contributed by atoms with Crippen LogP contribution < -0.4 is 5.73 Å². The van der Waals surface area contributed by atoms with E-state index in [4.69, 9.17) is 18.0 Å². The summed E-state index contributed by atoms with van der Waals surface area (Å²) in [4.78, 5) is 14.7. The van der Waals surface area contributed by atoms with E-state index in [0.29, 0.717) is 17.3 Å². The molecule has 1 saturated heterocycles. The number of carbonyl (C=O) groups excluding carboxylic acids is 1. The molecule has 1 aromatic rings. The molecule has 0 spiro atoms. The summed E-state index contributed by atoms with van der Waals surface area (Å²) in [6, 6.07) is 8.12. The standard InChI is InChI=1S/C15H20N2OS/c1-11-3-2-4-12(9-11)10-14(18)17-7-5-13(6-8-17)15(16)19/h2-4,9,13H,5-8,10H2,1H3,(H2,16,19). The molecule has 0 atom stereocenters. The summed E-state index contributed by atoms with van der Waals surface area (Å²) in [7, 11) is 0. The summed E-state index contributed by atoms with van der Waals surface area (Å²) < 4.78 is 0. The second kappa shape index (κ2) is 6.15. The number of likely N-dealkylation sites (tertiary alicyclic amines) is 1. The van der Waals surface area contributed by atoms with Crippen LogP contribution >= 0.6 is 12.2 Å². The van der Waals surface area contributed by atoms with Gasteiger partial charge in [0.2, 0.25) is 5.91 Å². The summed E-state index contributed by atoms with van der Waals surface area (Å²) in [6.45, 7) is 3.58. The quantitative estimate of drug-likeness (QED) is 0.860. The van der Waals surface area contributed by atoms with Crippen LogP contribution in [0.2, 0.25) is 0 Å². The number of rotatable bonds is 3. The van der Waals surface area contributed by atoms with E-state index < -0.39 is 0 Å². The molecule has 0 unspecified atom stereocenters. The number of hydrogen-bond acceptors (Lipinski definition) is 2. The first kappa shape index (κ1) is 14.0. The highest BCUT2D eigenvalue weighted by Gasteiger charge is 2.24. The van der Waals surface area contributed by atoms with Crippen LogP contribution in [-0.2, 0) is 11.2 Å². The van der Waals surface area contributed by atoms with Crippen molar-refractivity contribution in [3.8, 4) is 0 Å². The van der Waals surface area contributed by atoms with Gasteiger partial charge < -0.3 is 10.6 Å². The Kier molecular flexibility index (Phi) is 4.53. The maximum absolute atomic E-state index is 12.2. The van der Waals surface area contributed by atoms with Crippen LogP contribution in [0.1, 0.15) is 24.0 Å². The molecule has 1 heterocycles. The number of carbonyl (C=O) groups is 1. The average molecular weight is 276 g/mol. The van der Waals surface area contributed by atoms with Gasteiger partial charge in [-0.15, -0.1) is 0 Å². The Morgan fingerprint density at radius 3 is 2.68 bits per heavy atom. The normalized spacial score (nSPS) is 16.4. The SMILES string of the molecule is Cc1cccc(CC(=O)N2CCC(C(N)=S)CC2)c1. The van der Waals surface area contributed by atoms with Gasteiger partial charge in [0.15, 0.2) is 0 Å². The number of aryl methyl sites for hydroxylation is 1. The van der Waals surface area contributed by atoms with E-state index in [1.54, 1.807) is 0 Å². The van der Waals surface area contributed by atoms with E-state index in [1.807, 2.05) is 30.0 Å². The van der Waals surface area contributed by atoms with E-state index in [1.165, 1.54) is 5.56 Å². The number of hydrogen-bond donors (Lipinski definition) is 1. The molecule has 0 aromatic heterocycles. The zero-order valence-corrected chi connectivity index (χ0v) is 12.1. The molecule has 4 heteroatoms. The van der Waals surface area contributed by atoms with Gasteiger partial charge in [0.05, 0.1) is 11.4 Å². The number of nitrogens with two attached hydrogens (primary N) is 1. The first-order valence-electron chi connectivity index (χ1n) is 6.69. The van der Waals surface area contributed by atoms with Crippen LogP contribution in [-0.4, -0.2) is 28.9 Å². The van der Waals surface area contributed by atoms with E-state index in [0.717, 1.165) is 31.5 Å². The third kappa shape index (κ3) is 3.77. The molecule has 0 aliphatic carbocycles. The highest BCUT2D eigenvalue weighted by Crippen LogP contribution is 2.18. The van der Waals surface area contributed by atoms with Crippen LogP contribution in [0, 0.1) is 12.8 Å². The Balaban J connectivity index is 1.90. The number of benzene rings is 1. The van der Waals surface area contributed by atoms with Crippen LogP contribution in [0.5, 0.6) is 0 Å². The molecule has 1 aromatic carbocycles. The van der Waals surface area contributed by atoms with Crippen LogP contribution in [0.4, 0.5) is 0 Å². The van der Waals surface area contributed by atoms with Crippen LogP contribution in [0.15, 0.2) is 24.3 Å². The van der Waals surface area contributed by atoms with Gasteiger partial charge >= 0.3 is 0 Å². The lowest BCUT2D eigenvalue weighted by Crippen LogP contribution is -2.41. The Labute approximate surface area is 119 Å². The third-order valence-electron chi connectivity index (χ3n) is 3.69. The van der Waals surface area contributed by atoms with E-state index in [9.17, 15) is 4.79 Å². The number of nitrogens with zero attached hydrogens (tertiary/aromatic N) is 1. The monoisotopic (exact) mass is 276 g/mol. The second-order valence-electron chi connectivity index (χ2n) is 5.22. The lowest BCUT2D eigenvalue weighted by molar-refractivity contribution is -0.131. The third-order valence-corrected chi connectivity index (χ3v) is 4.02. The van der Waals surface area contributed by atoms with Crippen molar-refractivity contribution in [2.75, 3.05) is 13.1 Å². The average Bonchev–Trinajstić information content (AvgIpc) is 2.39. The summed E-state index contributed by atoms with van der Waals surface area (Å²) >= 11 is 5.01. The van der Waals surface area contributed by atoms with E-state index >= 15 is 0 Å². The van der Waals surface area contributed by atoms with Gasteiger partial charge in [-0.25, -0.2) is 0 Å². The molecular weight excluding hydrogens is 256 g/mol. The van der Waals surface area contributed by atoms with Crippen molar-refractivity contribution in [2.45, 2.75) is 26.2 Å². The molecule has 2 rings (SSSR count). The van der Waals surface area contributed by atoms with Gasteiger partial charge in [-0.2, -0.15) is 0 Å². The lowest BCUT2D eigenvalue weighted by Gasteiger charge is -2.31. The minimum absolute atomic E-state index is 0.201. The van der Waals surface area contributed by atoms with Gasteiger partial charge in [0, 0.05) is 19.0 Å². The fourth-order valence-corrected chi connectivity index (χ4v) is 2.76. The van der Waals surface area contributed by atoms with Crippen molar-refractivity contribution in [1.29, 1.82) is 0 Å². The fraction of sp³-hybridized carbons (Fsp3) is 0.467. The maximum Gasteiger partial charge on any atom is 0.226 e. The summed E-state index contributed by atoms with van der Waals surface area (Å²) in [5.41, 5.74) is 7.93. The van der Waals surface area contributed by atoms with Gasteiger partial charge in [0.1, 0.15) is 0 Å². The minimum atomic E-state index is 0.201. The van der Waals surface area contributed by atoms with Gasteiger partial charge in [-0.3, -0.25) is 4.79 Å². The smallest absolute Gasteiger partial charge is 0.226 e. The highest BCUT2D eigenvalue weighted by atomic mass is 32.1. The lowest BCUT2D eigenvalue weighted by atomic mass is 9.96. The molecule has 1 amide bonds. The first-order valence-corrected chi connectivity index (χ1v) is 7.09. The number of thiocarbonyl (C=S) groups is 1. The molecule has 3 nitrogen and oxygen atoms in total. The summed E-state index contributed by atoms with van der Waals surface area (Å²) in [6.07, 6.45) is 2.28. The van der Waals surface area contributed by atoms with Crippen molar-refractivity contribution in [3.63, 3.8) is 0 Å². The zero-order chi connectivity index (χ0) is 13.8. The largest absolute Gasteiger partial charge is 0.393 e. The van der Waals surface area contributed by atoms with Crippen molar-refractivity contribution < 1.29 is 4.79 Å². The van der Waals surface area contributed by atoms with E-state index in [2.05, 4.69) is 6.07 Å². The van der Waals surface area contributed by atoms with Gasteiger partial charge in [0.25, 0.3) is 0 Å². The molecule has 0 radical (unpaired) electrons. The summed E-state index contributed by atoms with van der Waals surface area (Å²) in [5, 5.41) is 0. The van der Waals surface area contributed by atoms with Crippen molar-refractivity contribution in [3.05, 3.63) is 35.4 Å². The molecule has 0 bridgehead atoms. The molecule has 1 aliphatic rings. The Morgan fingerprint density at radius 2 is 2.11 bits per heavy atom. The molecular formula is C15H20N2OS.